The zero-order valence-corrected chi connectivity index (χ0v) is 19.0. The smallest absolute Gasteiger partial charge is 0.324 e. The van der Waals surface area contributed by atoms with Crippen LogP contribution in [0.5, 0.6) is 0 Å². The molecule has 2 aliphatic heterocycles. The van der Waals surface area contributed by atoms with Crippen LogP contribution in [0, 0.1) is 6.92 Å². The molecule has 4 rings (SSSR count). The van der Waals surface area contributed by atoms with Gasteiger partial charge in [0.1, 0.15) is 5.82 Å². The summed E-state index contributed by atoms with van der Waals surface area (Å²) in [5.74, 6) is -0.152. The fourth-order valence-electron chi connectivity index (χ4n) is 3.95. The number of sulfonamides is 1. The molecular formula is C22H27N5O4S. The van der Waals surface area contributed by atoms with E-state index in [0.29, 0.717) is 18.8 Å². The molecule has 0 radical (unpaired) electrons. The van der Waals surface area contributed by atoms with Crippen LogP contribution in [-0.4, -0.2) is 55.9 Å². The Bertz CT molecular complexity index is 1130. The number of hydrogen-bond acceptors (Lipinski definition) is 5. The maximum absolute atomic E-state index is 12.9. The second kappa shape index (κ2) is 8.87. The molecule has 170 valence electrons. The summed E-state index contributed by atoms with van der Waals surface area (Å²) in [4.78, 5) is 32.9. The topological polar surface area (TPSA) is 112 Å². The lowest BCUT2D eigenvalue weighted by molar-refractivity contribution is -0.117. The molecule has 9 nitrogen and oxygen atoms in total. The molecule has 10 heteroatoms. The van der Waals surface area contributed by atoms with Crippen molar-refractivity contribution in [1.29, 1.82) is 0 Å². The summed E-state index contributed by atoms with van der Waals surface area (Å²) >= 11 is 0. The van der Waals surface area contributed by atoms with Crippen LogP contribution in [0.25, 0.3) is 0 Å². The number of benzene rings is 1. The van der Waals surface area contributed by atoms with Gasteiger partial charge >= 0.3 is 6.03 Å². The largest absolute Gasteiger partial charge is 0.324 e. The van der Waals surface area contributed by atoms with Gasteiger partial charge < -0.3 is 10.2 Å². The number of amides is 3. The first kappa shape index (κ1) is 22.2. The number of urea groups is 1. The molecule has 0 aliphatic carbocycles. The van der Waals surface area contributed by atoms with E-state index < -0.39 is 22.0 Å². The highest BCUT2D eigenvalue weighted by Gasteiger charge is 2.31. The third-order valence-electron chi connectivity index (χ3n) is 5.75. The number of aromatic nitrogens is 1. The van der Waals surface area contributed by atoms with E-state index in [1.54, 1.807) is 35.4 Å². The highest BCUT2D eigenvalue weighted by Crippen LogP contribution is 2.31. The average Bonchev–Trinajstić information content (AvgIpc) is 3.44. The van der Waals surface area contributed by atoms with Gasteiger partial charge in [-0.3, -0.25) is 9.69 Å². The van der Waals surface area contributed by atoms with Crippen molar-refractivity contribution >= 4 is 33.5 Å². The summed E-state index contributed by atoms with van der Waals surface area (Å²) in [7, 11) is -3.92. The lowest BCUT2D eigenvalue weighted by atomic mass is 10.2. The van der Waals surface area contributed by atoms with Gasteiger partial charge in [-0.1, -0.05) is 6.07 Å². The number of anilines is 2. The normalized spacial score (nSPS) is 16.7. The molecule has 1 fully saturated rings. The zero-order chi connectivity index (χ0) is 22.9. The molecule has 1 atom stereocenters. The summed E-state index contributed by atoms with van der Waals surface area (Å²) in [5, 5.41) is 2.60. The maximum atomic E-state index is 12.9. The van der Waals surface area contributed by atoms with E-state index in [1.165, 1.54) is 13.0 Å². The Balaban J connectivity index is 1.44. The highest BCUT2D eigenvalue weighted by molar-refractivity contribution is 7.89. The first-order valence-corrected chi connectivity index (χ1v) is 12.2. The van der Waals surface area contributed by atoms with Crippen LogP contribution in [0.3, 0.4) is 0 Å². The number of rotatable bonds is 5. The number of carbonyl (C=O) groups excluding carboxylic acids is 2. The van der Waals surface area contributed by atoms with Gasteiger partial charge in [-0.15, -0.1) is 0 Å². The van der Waals surface area contributed by atoms with E-state index in [-0.39, 0.29) is 10.9 Å². The molecule has 0 saturated carbocycles. The van der Waals surface area contributed by atoms with E-state index >= 15 is 0 Å². The number of carbonyl (C=O) groups is 2. The molecule has 0 unspecified atom stereocenters. The molecule has 1 aromatic carbocycles. The highest BCUT2D eigenvalue weighted by atomic mass is 32.2. The minimum Gasteiger partial charge on any atom is -0.324 e. The van der Waals surface area contributed by atoms with E-state index in [4.69, 9.17) is 0 Å². The van der Waals surface area contributed by atoms with Gasteiger partial charge in [-0.2, -0.15) is 4.72 Å². The van der Waals surface area contributed by atoms with E-state index in [9.17, 15) is 18.0 Å². The fraction of sp³-hybridized carbons (Fsp3) is 0.409. The van der Waals surface area contributed by atoms with Gasteiger partial charge in [-0.05, 0) is 68.5 Å². The van der Waals surface area contributed by atoms with Crippen molar-refractivity contribution in [2.24, 2.45) is 0 Å². The zero-order valence-electron chi connectivity index (χ0n) is 18.2. The van der Waals surface area contributed by atoms with Crippen molar-refractivity contribution in [3.05, 3.63) is 47.7 Å². The Kier molecular flexibility index (Phi) is 6.16. The van der Waals surface area contributed by atoms with Crippen molar-refractivity contribution in [3.8, 4) is 0 Å². The third kappa shape index (κ3) is 4.61. The molecule has 2 aromatic rings. The lowest BCUT2D eigenvalue weighted by Crippen LogP contribution is -2.41. The van der Waals surface area contributed by atoms with Crippen molar-refractivity contribution < 1.29 is 18.0 Å². The Labute approximate surface area is 187 Å². The molecule has 3 amide bonds. The maximum Gasteiger partial charge on any atom is 0.324 e. The number of nitrogens with one attached hydrogen (secondary N) is 2. The first-order valence-electron chi connectivity index (χ1n) is 10.7. The van der Waals surface area contributed by atoms with E-state index in [0.717, 1.165) is 42.7 Å². The summed E-state index contributed by atoms with van der Waals surface area (Å²) in [5.41, 5.74) is 2.51. The number of likely N-dealkylation sites (tertiary alicyclic amines) is 1. The Morgan fingerprint density at radius 1 is 1.09 bits per heavy atom. The van der Waals surface area contributed by atoms with Crippen LogP contribution in [0.4, 0.5) is 16.3 Å². The quantitative estimate of drug-likeness (QED) is 0.715. The van der Waals surface area contributed by atoms with Crippen LogP contribution < -0.4 is 14.9 Å². The summed E-state index contributed by atoms with van der Waals surface area (Å²) in [6.45, 7) is 5.42. The van der Waals surface area contributed by atoms with E-state index in [1.807, 2.05) is 11.8 Å². The average molecular weight is 458 g/mol. The first-order chi connectivity index (χ1) is 15.2. The molecule has 0 bridgehead atoms. The second-order valence-corrected chi connectivity index (χ2v) is 9.94. The molecular weight excluding hydrogens is 430 g/mol. The SMILES string of the molecule is Cc1ccc(NC(=O)[C@@H](C)NS(=O)(=O)c2ccc3c(c2)CCN3C(=O)N2CCCC2)nc1. The molecule has 2 aliphatic rings. The van der Waals surface area contributed by atoms with Crippen molar-refractivity contribution in [2.75, 3.05) is 29.9 Å². The Morgan fingerprint density at radius 3 is 2.53 bits per heavy atom. The van der Waals surface area contributed by atoms with Crippen molar-refractivity contribution in [2.45, 2.75) is 44.0 Å². The number of nitrogens with zero attached hydrogens (tertiary/aromatic N) is 3. The van der Waals surface area contributed by atoms with Gasteiger partial charge in [0.05, 0.1) is 10.9 Å². The van der Waals surface area contributed by atoms with Crippen molar-refractivity contribution in [3.63, 3.8) is 0 Å². The van der Waals surface area contributed by atoms with Gasteiger partial charge in [-0.25, -0.2) is 18.2 Å². The minimum atomic E-state index is -3.92. The van der Waals surface area contributed by atoms with Crippen LogP contribution in [0.2, 0.25) is 0 Å². The van der Waals surface area contributed by atoms with Crippen LogP contribution in [0.1, 0.15) is 30.9 Å². The standard InChI is InChI=1S/C22H27N5O4S/c1-15-5-8-20(23-14-15)24-21(28)16(2)25-32(30,31)18-6-7-19-17(13-18)9-12-27(19)22(29)26-10-3-4-11-26/h5-8,13-14,16,25H,3-4,9-12H2,1-2H3,(H,23,24,28)/t16-/m1/s1. The predicted octanol–water partition coefficient (Wildman–Crippen LogP) is 2.27. The molecule has 1 saturated heterocycles. The van der Waals surface area contributed by atoms with Crippen LogP contribution >= 0.6 is 0 Å². The molecule has 32 heavy (non-hydrogen) atoms. The summed E-state index contributed by atoms with van der Waals surface area (Å²) in [6.07, 6.45) is 4.24. The fourth-order valence-corrected chi connectivity index (χ4v) is 5.21. The van der Waals surface area contributed by atoms with Gasteiger partial charge in [0, 0.05) is 31.5 Å². The number of hydrogen-bond donors (Lipinski definition) is 2. The number of pyridine rings is 1. The monoisotopic (exact) mass is 457 g/mol. The molecule has 0 spiro atoms. The van der Waals surface area contributed by atoms with Crippen LogP contribution in [0.15, 0.2) is 41.4 Å². The summed E-state index contributed by atoms with van der Waals surface area (Å²) < 4.78 is 28.2. The Hall–Kier alpha value is -2.98. The second-order valence-electron chi connectivity index (χ2n) is 8.22. The molecule has 1 aromatic heterocycles. The third-order valence-corrected chi connectivity index (χ3v) is 7.29. The number of aryl methyl sites for hydroxylation is 1. The van der Waals surface area contributed by atoms with Gasteiger partial charge in [0.2, 0.25) is 15.9 Å². The minimum absolute atomic E-state index is 0.0232. The lowest BCUT2D eigenvalue weighted by Gasteiger charge is -2.24. The molecule has 3 heterocycles. The van der Waals surface area contributed by atoms with E-state index in [2.05, 4.69) is 15.0 Å². The summed E-state index contributed by atoms with van der Waals surface area (Å²) in [6, 6.07) is 7.18. The van der Waals surface area contributed by atoms with Gasteiger partial charge in [0.15, 0.2) is 0 Å². The van der Waals surface area contributed by atoms with Crippen molar-refractivity contribution in [1.82, 2.24) is 14.6 Å². The number of fused-ring (bicyclic) bond motifs is 1. The van der Waals surface area contributed by atoms with Gasteiger partial charge in [0.25, 0.3) is 0 Å². The molecule has 2 N–H and O–H groups in total. The Morgan fingerprint density at radius 2 is 1.84 bits per heavy atom. The van der Waals surface area contributed by atoms with Crippen LogP contribution in [-0.2, 0) is 21.2 Å². The predicted molar refractivity (Wildman–Crippen MR) is 121 cm³/mol.